The summed E-state index contributed by atoms with van der Waals surface area (Å²) in [6.45, 7) is 5.90. The van der Waals surface area contributed by atoms with Gasteiger partial charge < -0.3 is 19.9 Å². The highest BCUT2D eigenvalue weighted by molar-refractivity contribution is 5.75. The van der Waals surface area contributed by atoms with Crippen molar-refractivity contribution in [2.24, 2.45) is 17.8 Å². The van der Waals surface area contributed by atoms with Crippen molar-refractivity contribution in [3.05, 3.63) is 0 Å². The lowest BCUT2D eigenvalue weighted by atomic mass is 9.73. The van der Waals surface area contributed by atoms with Crippen molar-refractivity contribution in [2.45, 2.75) is 88.8 Å². The lowest BCUT2D eigenvalue weighted by Crippen LogP contribution is -2.67. The minimum absolute atomic E-state index is 0.000344. The quantitative estimate of drug-likeness (QED) is 0.619. The van der Waals surface area contributed by atoms with Gasteiger partial charge in [-0.3, -0.25) is 10.2 Å². The second-order valence-electron chi connectivity index (χ2n) is 11.2. The Morgan fingerprint density at radius 3 is 2.43 bits per heavy atom. The third-order valence-electron chi connectivity index (χ3n) is 8.85. The number of nitrogens with one attached hydrogen (secondary N) is 2. The van der Waals surface area contributed by atoms with Crippen molar-refractivity contribution in [1.29, 1.82) is 0 Å². The number of hydrogen-bond donors (Lipinski definition) is 2. The van der Waals surface area contributed by atoms with Crippen LogP contribution in [-0.2, 0) is 9.53 Å². The van der Waals surface area contributed by atoms with E-state index in [1.165, 1.54) is 12.8 Å². The Morgan fingerprint density at radius 1 is 0.971 bits per heavy atom. The third kappa shape index (κ3) is 5.13. The smallest absolute Gasteiger partial charge is 0.410 e. The number of hydrogen-bond acceptors (Lipinski definition) is 6. The number of rotatable bonds is 3. The van der Waals surface area contributed by atoms with E-state index in [2.05, 4.69) is 15.8 Å². The fourth-order valence-corrected chi connectivity index (χ4v) is 6.96. The summed E-state index contributed by atoms with van der Waals surface area (Å²) < 4.78 is 46.3. The zero-order valence-corrected chi connectivity index (χ0v) is 20.6. The fraction of sp³-hybridized carbons (Fsp3) is 0.917. The van der Waals surface area contributed by atoms with Gasteiger partial charge in [0, 0.05) is 45.2 Å². The molecule has 3 aliphatic heterocycles. The average molecular weight is 502 g/mol. The topological polar surface area (TPSA) is 77.2 Å². The van der Waals surface area contributed by atoms with Crippen LogP contribution in [-0.4, -0.2) is 96.0 Å². The normalized spacial score (nSPS) is 38.8. The molecule has 8 nitrogen and oxygen atoms in total. The summed E-state index contributed by atoms with van der Waals surface area (Å²) in [4.78, 5) is 29.4. The molecule has 2 amide bonds. The minimum Gasteiger partial charge on any atom is -0.444 e. The first-order valence-corrected chi connectivity index (χ1v) is 13.2. The van der Waals surface area contributed by atoms with Crippen LogP contribution in [0.15, 0.2) is 0 Å². The highest BCUT2D eigenvalue weighted by Gasteiger charge is 2.51. The molecule has 11 heteroatoms. The van der Waals surface area contributed by atoms with Crippen LogP contribution in [0.1, 0.15) is 52.4 Å². The van der Waals surface area contributed by atoms with Gasteiger partial charge in [0.1, 0.15) is 6.10 Å². The van der Waals surface area contributed by atoms with Crippen molar-refractivity contribution in [2.75, 3.05) is 32.7 Å². The predicted octanol–water partition coefficient (Wildman–Crippen LogP) is 2.35. The van der Waals surface area contributed by atoms with E-state index >= 15 is 0 Å². The van der Waals surface area contributed by atoms with Crippen molar-refractivity contribution in [3.63, 3.8) is 0 Å². The van der Waals surface area contributed by atoms with E-state index in [1.54, 1.807) is 11.8 Å². The van der Waals surface area contributed by atoms with Gasteiger partial charge >= 0.3 is 12.3 Å². The van der Waals surface area contributed by atoms with Crippen LogP contribution in [0.5, 0.6) is 0 Å². The van der Waals surface area contributed by atoms with Gasteiger partial charge in [0.25, 0.3) is 0 Å². The molecule has 2 N–H and O–H groups in total. The zero-order valence-electron chi connectivity index (χ0n) is 20.6. The highest BCUT2D eigenvalue weighted by Crippen LogP contribution is 2.41. The van der Waals surface area contributed by atoms with E-state index in [0.717, 1.165) is 32.4 Å². The Kier molecular flexibility index (Phi) is 6.95. The van der Waals surface area contributed by atoms with Crippen molar-refractivity contribution in [3.8, 4) is 0 Å². The molecule has 3 saturated heterocycles. The molecular weight excluding hydrogens is 463 g/mol. The second kappa shape index (κ2) is 9.70. The number of hydrazine groups is 1. The van der Waals surface area contributed by atoms with Gasteiger partial charge in [-0.25, -0.2) is 9.80 Å². The van der Waals surface area contributed by atoms with E-state index in [-0.39, 0.29) is 50.1 Å². The lowest BCUT2D eigenvalue weighted by molar-refractivity contribution is -0.206. The molecule has 5 rings (SSSR count). The monoisotopic (exact) mass is 501 g/mol. The maximum Gasteiger partial charge on any atom is 0.410 e. The predicted molar refractivity (Wildman–Crippen MR) is 122 cm³/mol. The number of fused-ring (bicyclic) bond motifs is 1. The molecule has 6 unspecified atom stereocenters. The van der Waals surface area contributed by atoms with E-state index in [4.69, 9.17) is 4.74 Å². The number of carbonyl (C=O) groups excluding carboxylic acids is 2. The molecular formula is C24H38F3N5O3. The molecule has 198 valence electrons. The Labute approximate surface area is 204 Å². The number of amides is 2. The van der Waals surface area contributed by atoms with Gasteiger partial charge in [0.15, 0.2) is 0 Å². The summed E-state index contributed by atoms with van der Waals surface area (Å²) in [5.41, 5.74) is 3.53. The fourth-order valence-electron chi connectivity index (χ4n) is 6.96. The van der Waals surface area contributed by atoms with Crippen LogP contribution >= 0.6 is 0 Å². The number of piperidine rings is 1. The Morgan fingerprint density at radius 2 is 1.74 bits per heavy atom. The van der Waals surface area contributed by atoms with Crippen LogP contribution in [0.4, 0.5) is 18.0 Å². The molecule has 2 saturated carbocycles. The SMILES string of the molecule is CC(=O)N1C2CCC(C3CNN(C4CC4)C3)CC2N(C(=O)OC2CNCCC2C(F)(F)F)C[C@@H]1C. The van der Waals surface area contributed by atoms with Crippen molar-refractivity contribution >= 4 is 12.0 Å². The second-order valence-corrected chi connectivity index (χ2v) is 11.2. The average Bonchev–Trinajstić information content (AvgIpc) is 3.54. The van der Waals surface area contributed by atoms with Gasteiger partial charge in [-0.15, -0.1) is 0 Å². The number of alkyl halides is 3. The molecule has 7 atom stereocenters. The van der Waals surface area contributed by atoms with E-state index in [1.807, 2.05) is 11.8 Å². The van der Waals surface area contributed by atoms with E-state index in [0.29, 0.717) is 17.9 Å². The molecule has 5 fully saturated rings. The van der Waals surface area contributed by atoms with Gasteiger partial charge in [0.05, 0.1) is 18.0 Å². The number of nitrogens with zero attached hydrogens (tertiary/aromatic N) is 3. The van der Waals surface area contributed by atoms with E-state index in [9.17, 15) is 22.8 Å². The summed E-state index contributed by atoms with van der Waals surface area (Å²) in [6, 6.07) is 0.0607. The van der Waals surface area contributed by atoms with Crippen LogP contribution in [0.25, 0.3) is 0 Å². The maximum atomic E-state index is 13.6. The third-order valence-corrected chi connectivity index (χ3v) is 8.85. The summed E-state index contributed by atoms with van der Waals surface area (Å²) in [5, 5.41) is 5.28. The van der Waals surface area contributed by atoms with Crippen LogP contribution in [0.3, 0.4) is 0 Å². The molecule has 0 spiro atoms. The van der Waals surface area contributed by atoms with Crippen molar-refractivity contribution < 1.29 is 27.5 Å². The van der Waals surface area contributed by atoms with Crippen LogP contribution < -0.4 is 10.7 Å². The van der Waals surface area contributed by atoms with Crippen molar-refractivity contribution in [1.82, 2.24) is 25.6 Å². The Hall–Kier alpha value is -1.59. The standard InChI is InChI=1S/C24H38F3N5O3/c1-14-12-30(23(34)35-22-11-28-8-7-19(22)24(25,26)27)21-9-16(3-6-20(21)32(14)15(2)33)17-10-29-31(13-17)18-4-5-18/h14,16-22,28-29H,3-13H2,1-2H3/t14-,16?,17?,19?,20?,21?,22?/m0/s1. The van der Waals surface area contributed by atoms with Crippen LogP contribution in [0.2, 0.25) is 0 Å². The maximum absolute atomic E-state index is 13.6. The number of piperazine rings is 1. The number of halogens is 3. The summed E-state index contributed by atoms with van der Waals surface area (Å²) >= 11 is 0. The first-order chi connectivity index (χ1) is 16.6. The number of carbonyl (C=O) groups is 2. The highest BCUT2D eigenvalue weighted by atomic mass is 19.4. The zero-order chi connectivity index (χ0) is 24.9. The largest absolute Gasteiger partial charge is 0.444 e. The molecule has 35 heavy (non-hydrogen) atoms. The van der Waals surface area contributed by atoms with Gasteiger partial charge in [-0.2, -0.15) is 13.2 Å². The molecule has 0 bridgehead atoms. The first kappa shape index (κ1) is 25.1. The molecule has 0 aromatic rings. The van der Waals surface area contributed by atoms with E-state index < -0.39 is 24.3 Å². The molecule has 0 aromatic carbocycles. The van der Waals surface area contributed by atoms with Gasteiger partial charge in [-0.1, -0.05) is 0 Å². The lowest BCUT2D eigenvalue weighted by Gasteiger charge is -2.54. The molecule has 0 aromatic heterocycles. The molecule has 3 heterocycles. The summed E-state index contributed by atoms with van der Waals surface area (Å²) in [7, 11) is 0. The minimum atomic E-state index is -4.41. The summed E-state index contributed by atoms with van der Waals surface area (Å²) in [5.74, 6) is -0.812. The number of ether oxygens (including phenoxy) is 1. The molecule has 2 aliphatic carbocycles. The molecule has 0 radical (unpaired) electrons. The van der Waals surface area contributed by atoms with Gasteiger partial charge in [0.2, 0.25) is 5.91 Å². The molecule has 5 aliphatic rings. The Bertz CT molecular complexity index is 810. The Balaban J connectivity index is 1.32. The van der Waals surface area contributed by atoms with Gasteiger partial charge in [-0.05, 0) is 63.8 Å². The summed E-state index contributed by atoms with van der Waals surface area (Å²) in [6.07, 6.45) is -1.45. The van der Waals surface area contributed by atoms with Crippen LogP contribution in [0, 0.1) is 17.8 Å². The first-order valence-electron chi connectivity index (χ1n) is 13.2.